The molecule has 1 atom stereocenters. The molecule has 0 radical (unpaired) electrons. The lowest BCUT2D eigenvalue weighted by atomic mass is 10.0. The molecule has 0 saturated heterocycles. The number of sulfone groups is 1. The van der Waals surface area contributed by atoms with Crippen LogP contribution in [-0.4, -0.2) is 40.3 Å². The molecule has 0 bridgehead atoms. The van der Waals surface area contributed by atoms with Crippen molar-refractivity contribution in [1.29, 1.82) is 0 Å². The van der Waals surface area contributed by atoms with Crippen LogP contribution in [0.4, 0.5) is 4.39 Å². The molecule has 120 valence electrons. The van der Waals surface area contributed by atoms with Crippen LogP contribution in [0.3, 0.4) is 0 Å². The molecule has 0 fully saturated rings. The predicted molar refractivity (Wildman–Crippen MR) is 75.6 cm³/mol. The summed E-state index contributed by atoms with van der Waals surface area (Å²) in [6.45, 7) is 2.64. The van der Waals surface area contributed by atoms with Crippen molar-refractivity contribution < 1.29 is 26.3 Å². The first kappa shape index (κ1) is 18.0. The number of hydrogen-bond acceptors (Lipinski definition) is 5. The highest BCUT2D eigenvalue weighted by Crippen LogP contribution is 2.22. The molecule has 1 rings (SSSR count). The Morgan fingerprint density at radius 3 is 2.29 bits per heavy atom. The number of sulfonamides is 1. The van der Waals surface area contributed by atoms with Crippen molar-refractivity contribution in [3.05, 3.63) is 24.0 Å². The van der Waals surface area contributed by atoms with Gasteiger partial charge in [-0.05, 0) is 31.5 Å². The van der Waals surface area contributed by atoms with E-state index in [0.29, 0.717) is 0 Å². The molecule has 21 heavy (non-hydrogen) atoms. The summed E-state index contributed by atoms with van der Waals surface area (Å²) in [5.41, 5.74) is -1.16. The Balaban J connectivity index is 3.39. The van der Waals surface area contributed by atoms with Gasteiger partial charge in [-0.15, -0.1) is 0 Å². The van der Waals surface area contributed by atoms with Crippen LogP contribution in [0.25, 0.3) is 0 Å². The second kappa shape index (κ2) is 5.99. The van der Waals surface area contributed by atoms with Crippen LogP contribution in [0.15, 0.2) is 28.0 Å². The van der Waals surface area contributed by atoms with Crippen molar-refractivity contribution in [3.63, 3.8) is 0 Å². The first-order valence-corrected chi connectivity index (χ1v) is 9.47. The summed E-state index contributed by atoms with van der Waals surface area (Å²) in [5.74, 6) is -1.06. The lowest BCUT2D eigenvalue weighted by Gasteiger charge is -2.26. The lowest BCUT2D eigenvalue weighted by Crippen LogP contribution is -2.48. The van der Waals surface area contributed by atoms with Gasteiger partial charge in [0.2, 0.25) is 10.0 Å². The predicted octanol–water partition coefficient (Wildman–Crippen LogP) is 0.668. The first-order valence-electron chi connectivity index (χ1n) is 6.09. The van der Waals surface area contributed by atoms with Crippen molar-refractivity contribution >= 4 is 19.9 Å². The van der Waals surface area contributed by atoms with Crippen molar-refractivity contribution in [1.82, 2.24) is 4.72 Å². The van der Waals surface area contributed by atoms with Gasteiger partial charge in [-0.2, -0.15) is 0 Å². The summed E-state index contributed by atoms with van der Waals surface area (Å²) in [7, 11) is -7.97. The summed E-state index contributed by atoms with van der Waals surface area (Å²) in [6.07, 6.45) is 1.17. The average molecular weight is 339 g/mol. The summed E-state index contributed by atoms with van der Waals surface area (Å²) in [5, 5.41) is 9.23. The van der Waals surface area contributed by atoms with E-state index in [1.165, 1.54) is 6.92 Å². The number of nitrogens with one attached hydrogen (secondary N) is 1. The van der Waals surface area contributed by atoms with Gasteiger partial charge >= 0.3 is 0 Å². The van der Waals surface area contributed by atoms with Gasteiger partial charge in [0.15, 0.2) is 9.84 Å². The zero-order chi connectivity index (χ0) is 16.5. The molecule has 1 unspecified atom stereocenters. The Morgan fingerprint density at radius 1 is 1.29 bits per heavy atom. The van der Waals surface area contributed by atoms with Crippen LogP contribution in [0.5, 0.6) is 0 Å². The van der Waals surface area contributed by atoms with Crippen LogP contribution < -0.4 is 4.72 Å². The molecule has 0 aliphatic carbocycles. The quantitative estimate of drug-likeness (QED) is 0.742. The zero-order valence-electron chi connectivity index (χ0n) is 11.9. The maximum atomic E-state index is 13.8. The lowest BCUT2D eigenvalue weighted by molar-refractivity contribution is 0.191. The van der Waals surface area contributed by atoms with E-state index in [9.17, 15) is 26.3 Å². The standard InChI is InChI=1S/C12H18FNO5S2/c1-4-12(2,8-15)14-21(18,19)11-7-9(20(3,16)17)5-6-10(11)13/h5-7,14-15H,4,8H2,1-3H3. The Kier molecular flexibility index (Phi) is 5.14. The SMILES string of the molecule is CCC(C)(CO)NS(=O)(=O)c1cc(S(C)(=O)=O)ccc1F. The minimum atomic E-state index is -4.31. The number of halogens is 1. The van der Waals surface area contributed by atoms with Crippen LogP contribution in [0.2, 0.25) is 0 Å². The minimum Gasteiger partial charge on any atom is -0.394 e. The molecule has 9 heteroatoms. The molecule has 0 heterocycles. The molecule has 1 aromatic carbocycles. The Bertz CT molecular complexity index is 724. The molecular formula is C12H18FNO5S2. The van der Waals surface area contributed by atoms with Gasteiger partial charge in [0.25, 0.3) is 0 Å². The topological polar surface area (TPSA) is 101 Å². The molecule has 2 N–H and O–H groups in total. The fraction of sp³-hybridized carbons (Fsp3) is 0.500. The van der Waals surface area contributed by atoms with Crippen LogP contribution in [0, 0.1) is 5.82 Å². The van der Waals surface area contributed by atoms with Crippen molar-refractivity contribution in [2.75, 3.05) is 12.9 Å². The Labute approximate surface area is 124 Å². The van der Waals surface area contributed by atoms with Crippen LogP contribution in [0.1, 0.15) is 20.3 Å². The van der Waals surface area contributed by atoms with Gasteiger partial charge < -0.3 is 5.11 Å². The highest BCUT2D eigenvalue weighted by molar-refractivity contribution is 7.91. The fourth-order valence-corrected chi connectivity index (χ4v) is 3.81. The van der Waals surface area contributed by atoms with Gasteiger partial charge in [0, 0.05) is 6.26 Å². The summed E-state index contributed by atoms with van der Waals surface area (Å²) < 4.78 is 63.3. The number of hydrogen-bond donors (Lipinski definition) is 2. The van der Waals surface area contributed by atoms with E-state index >= 15 is 0 Å². The van der Waals surface area contributed by atoms with Gasteiger partial charge in [-0.3, -0.25) is 0 Å². The maximum Gasteiger partial charge on any atom is 0.244 e. The zero-order valence-corrected chi connectivity index (χ0v) is 13.6. The normalized spacial score (nSPS) is 15.7. The molecular weight excluding hydrogens is 321 g/mol. The van der Waals surface area contributed by atoms with Gasteiger partial charge in [0.1, 0.15) is 10.7 Å². The third kappa shape index (κ3) is 4.22. The summed E-state index contributed by atoms with van der Waals surface area (Å²) >= 11 is 0. The molecule has 6 nitrogen and oxygen atoms in total. The minimum absolute atomic E-state index is 0.274. The second-order valence-electron chi connectivity index (χ2n) is 5.04. The maximum absolute atomic E-state index is 13.8. The third-order valence-corrected chi connectivity index (χ3v) is 5.89. The van der Waals surface area contributed by atoms with E-state index in [0.717, 1.165) is 24.5 Å². The van der Waals surface area contributed by atoms with Crippen molar-refractivity contribution in [3.8, 4) is 0 Å². The van der Waals surface area contributed by atoms with Crippen molar-refractivity contribution in [2.24, 2.45) is 0 Å². The Hall–Kier alpha value is -1.03. The first-order chi connectivity index (χ1) is 9.45. The number of aliphatic hydroxyl groups excluding tert-OH is 1. The number of benzene rings is 1. The Morgan fingerprint density at radius 2 is 1.86 bits per heavy atom. The van der Waals surface area contributed by atoms with Gasteiger partial charge in [-0.1, -0.05) is 6.92 Å². The summed E-state index contributed by atoms with van der Waals surface area (Å²) in [6, 6.07) is 2.54. The van der Waals surface area contributed by atoms with E-state index in [1.54, 1.807) is 6.92 Å². The molecule has 0 saturated carbocycles. The van der Waals surface area contributed by atoms with E-state index < -0.39 is 42.7 Å². The number of aliphatic hydroxyl groups is 1. The molecule has 1 aromatic rings. The fourth-order valence-electron chi connectivity index (χ4n) is 1.52. The molecule has 0 aromatic heterocycles. The smallest absolute Gasteiger partial charge is 0.244 e. The van der Waals surface area contributed by atoms with Crippen LogP contribution in [-0.2, 0) is 19.9 Å². The molecule has 0 aliphatic heterocycles. The highest BCUT2D eigenvalue weighted by Gasteiger charge is 2.30. The average Bonchev–Trinajstić information content (AvgIpc) is 2.37. The molecule has 0 amide bonds. The highest BCUT2D eigenvalue weighted by atomic mass is 32.2. The molecule has 0 spiro atoms. The molecule has 0 aliphatic rings. The van der Waals surface area contributed by atoms with Crippen molar-refractivity contribution in [2.45, 2.75) is 35.6 Å². The number of rotatable bonds is 6. The monoisotopic (exact) mass is 339 g/mol. The largest absolute Gasteiger partial charge is 0.394 e. The van der Waals surface area contributed by atoms with Crippen LogP contribution >= 0.6 is 0 Å². The second-order valence-corrected chi connectivity index (χ2v) is 8.71. The summed E-state index contributed by atoms with van der Waals surface area (Å²) in [4.78, 5) is -1.06. The van der Waals surface area contributed by atoms with E-state index in [4.69, 9.17) is 0 Å². The van der Waals surface area contributed by atoms with E-state index in [1.807, 2.05) is 0 Å². The van der Waals surface area contributed by atoms with E-state index in [2.05, 4.69) is 4.72 Å². The van der Waals surface area contributed by atoms with Gasteiger partial charge in [-0.25, -0.2) is 25.9 Å². The van der Waals surface area contributed by atoms with Gasteiger partial charge in [0.05, 0.1) is 17.0 Å². The van der Waals surface area contributed by atoms with E-state index in [-0.39, 0.29) is 11.3 Å². The third-order valence-electron chi connectivity index (χ3n) is 3.13.